The van der Waals surface area contributed by atoms with E-state index in [2.05, 4.69) is 78.7 Å². The molecule has 5 heteroatoms. The number of aliphatic imine (C=N–C) groups is 2. The molecule has 0 amide bonds. The van der Waals surface area contributed by atoms with E-state index >= 15 is 0 Å². The zero-order valence-electron chi connectivity index (χ0n) is 26.5. The van der Waals surface area contributed by atoms with E-state index in [1.807, 2.05) is 0 Å². The number of fused-ring (bicyclic) bond motifs is 2. The Kier molecular flexibility index (Phi) is 8.07. The van der Waals surface area contributed by atoms with Gasteiger partial charge in [-0.05, 0) is 0 Å². The van der Waals surface area contributed by atoms with Gasteiger partial charge in [0.1, 0.15) is 0 Å². The molecule has 1 atom stereocenters. The fraction of sp³-hybridized carbons (Fsp3) is 0.500. The monoisotopic (exact) mass is 742 g/mol. The van der Waals surface area contributed by atoms with E-state index in [0.29, 0.717) is 6.04 Å². The SMILES string of the molecule is CCC1=C(CC)/C2=C/c3c(CC)c(CC)c4[n]3[Pb][N]3/C(=C\C1=N2)C(CC)=C(CC)C3CC1=N/C(=C\4)C(CC)=C1CC. The minimum absolute atomic E-state index is 0.406. The molecule has 0 aliphatic carbocycles. The van der Waals surface area contributed by atoms with E-state index in [0.717, 1.165) is 57.8 Å². The maximum absolute atomic E-state index is 5.47. The Morgan fingerprint density at radius 2 is 1.20 bits per heavy atom. The Labute approximate surface area is 260 Å². The summed E-state index contributed by atoms with van der Waals surface area (Å²) in [5.74, 6) is 0. The molecule has 0 saturated carbocycles. The molecule has 0 spiro atoms. The van der Waals surface area contributed by atoms with Gasteiger partial charge in [0, 0.05) is 0 Å². The van der Waals surface area contributed by atoms with Crippen LogP contribution in [0.5, 0.6) is 0 Å². The van der Waals surface area contributed by atoms with E-state index in [1.54, 1.807) is 11.1 Å². The maximum atomic E-state index is 5.47. The average molecular weight is 742 g/mol. The van der Waals surface area contributed by atoms with Crippen LogP contribution in [0.3, 0.4) is 0 Å². The van der Waals surface area contributed by atoms with Gasteiger partial charge in [0.05, 0.1) is 0 Å². The third-order valence-electron chi connectivity index (χ3n) is 9.91. The number of aromatic nitrogens is 1. The summed E-state index contributed by atoms with van der Waals surface area (Å²) in [6.07, 6.45) is 16.9. The molecular formula is C36H46N4Pb. The predicted octanol–water partition coefficient (Wildman–Crippen LogP) is 8.92. The standard InChI is InChI=1S/C36H46N4.Pb/c1-9-21-22(10-2)30-18-32-25(13-5)26(14-6)34(39-32)20-36-28(16-8)27(15-7)35(40-36)19-33-24(12-4)23(11-3)31(38-33)17-29(21)37-30;/h17-19,34H,9-16,20H2,1-8H3;/q-2;+2/b29-17-,32-18-,35-19-;. The summed E-state index contributed by atoms with van der Waals surface area (Å²) in [7, 11) is 0. The zero-order chi connectivity index (χ0) is 29.0. The Hall–Kier alpha value is -2.22. The molecule has 41 heavy (non-hydrogen) atoms. The third kappa shape index (κ3) is 4.32. The van der Waals surface area contributed by atoms with Gasteiger partial charge in [0.2, 0.25) is 0 Å². The second-order valence-corrected chi connectivity index (χ2v) is 16.0. The number of allylic oxidation sites excluding steroid dienone is 6. The van der Waals surface area contributed by atoms with Crippen LogP contribution in [0.2, 0.25) is 0 Å². The molecule has 4 nitrogen and oxygen atoms in total. The first-order valence-electron chi connectivity index (χ1n) is 16.3. The van der Waals surface area contributed by atoms with Crippen molar-refractivity contribution in [3.05, 3.63) is 79.1 Å². The van der Waals surface area contributed by atoms with Crippen molar-refractivity contribution in [3.63, 3.8) is 0 Å². The van der Waals surface area contributed by atoms with Crippen LogP contribution < -0.4 is 0 Å². The molecule has 0 fully saturated rings. The quantitative estimate of drug-likeness (QED) is 0.245. The Balaban J connectivity index is 1.76. The summed E-state index contributed by atoms with van der Waals surface area (Å²) < 4.78 is 5.76. The molecule has 6 rings (SSSR count). The topological polar surface area (TPSA) is 32.9 Å². The van der Waals surface area contributed by atoms with Crippen molar-refractivity contribution < 1.29 is 0 Å². The Morgan fingerprint density at radius 1 is 0.634 bits per heavy atom. The molecule has 5 aliphatic heterocycles. The van der Waals surface area contributed by atoms with Crippen molar-refractivity contribution in [1.82, 2.24) is 5.09 Å². The van der Waals surface area contributed by atoms with Gasteiger partial charge in [-0.15, -0.1) is 0 Å². The molecular weight excluding hydrogens is 696 g/mol. The van der Waals surface area contributed by atoms with Crippen molar-refractivity contribution in [2.24, 2.45) is 9.98 Å². The van der Waals surface area contributed by atoms with Gasteiger partial charge >= 0.3 is 262 Å². The molecule has 1 aromatic heterocycles. The fourth-order valence-electron chi connectivity index (χ4n) is 8.09. The molecule has 1 aromatic rings. The van der Waals surface area contributed by atoms with E-state index in [-0.39, 0.29) is 0 Å². The molecule has 0 saturated heterocycles. The Bertz CT molecular complexity index is 1560. The first kappa shape index (κ1) is 28.9. The summed E-state index contributed by atoms with van der Waals surface area (Å²) in [5, 5.41) is 0. The third-order valence-corrected chi connectivity index (χ3v) is 15.5. The van der Waals surface area contributed by atoms with Crippen molar-refractivity contribution in [1.29, 1.82) is 0 Å². The number of rotatable bonds is 8. The molecule has 0 N–H and O–H groups in total. The van der Waals surface area contributed by atoms with Gasteiger partial charge in [-0.3, -0.25) is 0 Å². The average Bonchev–Trinajstić information content (AvgIpc) is 3.67. The summed E-state index contributed by atoms with van der Waals surface area (Å²) in [5.41, 5.74) is 21.5. The van der Waals surface area contributed by atoms with Crippen LogP contribution in [-0.2, 0) is 12.8 Å². The van der Waals surface area contributed by atoms with Crippen LogP contribution in [0, 0.1) is 0 Å². The van der Waals surface area contributed by atoms with Crippen LogP contribution in [0.15, 0.2) is 66.6 Å². The fourth-order valence-corrected chi connectivity index (χ4v) is 14.0. The second kappa shape index (κ2) is 11.5. The molecule has 6 heterocycles. The van der Waals surface area contributed by atoms with Crippen LogP contribution in [-0.4, -0.2) is 47.4 Å². The zero-order valence-corrected chi connectivity index (χ0v) is 30.3. The second-order valence-electron chi connectivity index (χ2n) is 11.6. The first-order chi connectivity index (χ1) is 20.0. The Morgan fingerprint density at radius 3 is 1.73 bits per heavy atom. The molecule has 0 aromatic carbocycles. The van der Waals surface area contributed by atoms with E-state index in [4.69, 9.17) is 9.98 Å². The number of hydrogen-bond acceptors (Lipinski definition) is 3. The van der Waals surface area contributed by atoms with Crippen LogP contribution in [0.25, 0.3) is 12.2 Å². The van der Waals surface area contributed by atoms with Crippen molar-refractivity contribution in [3.8, 4) is 0 Å². The molecule has 1 unspecified atom stereocenters. The number of hydrogen-bond donors (Lipinski definition) is 0. The van der Waals surface area contributed by atoms with Gasteiger partial charge in [0.15, 0.2) is 0 Å². The predicted molar refractivity (Wildman–Crippen MR) is 176 cm³/mol. The summed E-state index contributed by atoms with van der Waals surface area (Å²) >= 11 is -1.62. The van der Waals surface area contributed by atoms with Crippen LogP contribution in [0.1, 0.15) is 123 Å². The van der Waals surface area contributed by atoms with Crippen molar-refractivity contribution in [2.45, 2.75) is 119 Å². The minimum atomic E-state index is -1.62. The summed E-state index contributed by atoms with van der Waals surface area (Å²) in [6.45, 7) is 18.7. The molecule has 6 bridgehead atoms. The molecule has 5 aliphatic rings. The molecule has 2 radical (unpaired) electrons. The van der Waals surface area contributed by atoms with Gasteiger partial charge in [-0.2, -0.15) is 0 Å². The van der Waals surface area contributed by atoms with E-state index in [9.17, 15) is 0 Å². The number of nitrogens with zero attached hydrogens (tertiary/aromatic N) is 4. The summed E-state index contributed by atoms with van der Waals surface area (Å²) in [6, 6.07) is 0.406. The van der Waals surface area contributed by atoms with Gasteiger partial charge in [-0.1, -0.05) is 0 Å². The van der Waals surface area contributed by atoms with Crippen molar-refractivity contribution in [2.75, 3.05) is 0 Å². The van der Waals surface area contributed by atoms with E-state index in [1.165, 1.54) is 73.3 Å². The van der Waals surface area contributed by atoms with Crippen LogP contribution in [0.4, 0.5) is 0 Å². The normalized spacial score (nSPS) is 25.2. The van der Waals surface area contributed by atoms with Gasteiger partial charge in [0.25, 0.3) is 0 Å². The van der Waals surface area contributed by atoms with E-state index < -0.39 is 24.8 Å². The summed E-state index contributed by atoms with van der Waals surface area (Å²) in [4.78, 5) is 10.9. The molecule has 214 valence electrons. The van der Waals surface area contributed by atoms with Gasteiger partial charge < -0.3 is 0 Å². The van der Waals surface area contributed by atoms with Gasteiger partial charge in [-0.25, -0.2) is 0 Å². The van der Waals surface area contributed by atoms with Crippen LogP contribution >= 0.6 is 0 Å². The first-order valence-corrected chi connectivity index (χ1v) is 19.8. The van der Waals surface area contributed by atoms with Crippen molar-refractivity contribution >= 4 is 48.4 Å².